The van der Waals surface area contributed by atoms with Crippen LogP contribution in [-0.2, 0) is 4.79 Å². The Balaban J connectivity index is 1.65. The lowest BCUT2D eigenvalue weighted by Crippen LogP contribution is -2.55. The fourth-order valence-electron chi connectivity index (χ4n) is 2.62. The van der Waals surface area contributed by atoms with Gasteiger partial charge in [-0.15, -0.1) is 0 Å². The number of hydrogen-bond donors (Lipinski definition) is 1. The van der Waals surface area contributed by atoms with E-state index >= 15 is 0 Å². The molecule has 1 aliphatic heterocycles. The van der Waals surface area contributed by atoms with E-state index in [9.17, 15) is 9.59 Å². The Morgan fingerprint density at radius 3 is 2.23 bits per heavy atom. The van der Waals surface area contributed by atoms with Crippen molar-refractivity contribution in [1.29, 1.82) is 0 Å². The van der Waals surface area contributed by atoms with Crippen LogP contribution in [0.25, 0.3) is 0 Å². The van der Waals surface area contributed by atoms with Gasteiger partial charge in [0.15, 0.2) is 0 Å². The molecule has 3 rings (SSSR count). The smallest absolute Gasteiger partial charge is 0.255 e. The van der Waals surface area contributed by atoms with Crippen molar-refractivity contribution < 1.29 is 9.59 Å². The molecule has 2 fully saturated rings. The van der Waals surface area contributed by atoms with Crippen LogP contribution >= 0.6 is 23.2 Å². The van der Waals surface area contributed by atoms with Gasteiger partial charge in [0.25, 0.3) is 5.91 Å². The Morgan fingerprint density at radius 2 is 1.64 bits per heavy atom. The normalized spacial score (nSPS) is 20.0. The molecule has 1 aromatic rings. The minimum absolute atomic E-state index is 0.000358. The van der Waals surface area contributed by atoms with E-state index in [0.29, 0.717) is 36.8 Å². The molecule has 0 radical (unpaired) electrons. The Bertz CT molecular complexity index is 623. The molecule has 0 atom stereocenters. The molecule has 5 nitrogen and oxygen atoms in total. The van der Waals surface area contributed by atoms with Crippen LogP contribution in [0, 0.1) is 0 Å². The number of benzene rings is 1. The number of nitrogens with two attached hydrogens (primary N) is 1. The second-order valence-electron chi connectivity index (χ2n) is 5.84. The van der Waals surface area contributed by atoms with Gasteiger partial charge in [0.05, 0.1) is 21.1 Å². The van der Waals surface area contributed by atoms with Crippen molar-refractivity contribution in [3.63, 3.8) is 0 Å². The summed E-state index contributed by atoms with van der Waals surface area (Å²) in [5.74, 6) is -0.158. The Kier molecular flexibility index (Phi) is 4.05. The average molecular weight is 342 g/mol. The number of piperazine rings is 1. The maximum absolute atomic E-state index is 12.5. The zero-order valence-electron chi connectivity index (χ0n) is 12.0. The van der Waals surface area contributed by atoms with Gasteiger partial charge in [-0.1, -0.05) is 29.3 Å². The van der Waals surface area contributed by atoms with Crippen molar-refractivity contribution in [2.45, 2.75) is 18.4 Å². The zero-order valence-corrected chi connectivity index (χ0v) is 13.5. The number of rotatable bonds is 2. The van der Waals surface area contributed by atoms with Crippen molar-refractivity contribution in [1.82, 2.24) is 9.80 Å². The molecule has 1 saturated heterocycles. The maximum Gasteiger partial charge on any atom is 0.255 e. The second-order valence-corrected chi connectivity index (χ2v) is 6.63. The number of amides is 2. The number of halogens is 2. The first-order chi connectivity index (χ1) is 10.4. The highest BCUT2D eigenvalue weighted by Crippen LogP contribution is 2.34. The Morgan fingerprint density at radius 1 is 1.05 bits per heavy atom. The summed E-state index contributed by atoms with van der Waals surface area (Å²) in [4.78, 5) is 28.1. The second kappa shape index (κ2) is 5.72. The lowest BCUT2D eigenvalue weighted by molar-refractivity contribution is -0.135. The van der Waals surface area contributed by atoms with Gasteiger partial charge in [-0.3, -0.25) is 9.59 Å². The van der Waals surface area contributed by atoms with Crippen LogP contribution in [0.2, 0.25) is 10.0 Å². The number of carbonyl (C=O) groups is 2. The molecule has 1 aromatic carbocycles. The molecule has 0 unspecified atom stereocenters. The fraction of sp³-hybridized carbons (Fsp3) is 0.467. The molecule has 7 heteroatoms. The zero-order chi connectivity index (χ0) is 15.9. The van der Waals surface area contributed by atoms with E-state index in [0.717, 1.165) is 12.8 Å². The largest absolute Gasteiger partial charge is 0.338 e. The summed E-state index contributed by atoms with van der Waals surface area (Å²) in [5, 5.41) is 0.631. The monoisotopic (exact) mass is 341 g/mol. The molecule has 0 bridgehead atoms. The molecule has 22 heavy (non-hydrogen) atoms. The van der Waals surface area contributed by atoms with Crippen molar-refractivity contribution >= 4 is 35.0 Å². The van der Waals surface area contributed by atoms with Gasteiger partial charge in [0.1, 0.15) is 0 Å². The Hall–Kier alpha value is -1.30. The molecular weight excluding hydrogens is 325 g/mol. The van der Waals surface area contributed by atoms with Gasteiger partial charge < -0.3 is 15.5 Å². The third-order valence-corrected chi connectivity index (χ3v) is 5.07. The van der Waals surface area contributed by atoms with E-state index in [2.05, 4.69) is 0 Å². The van der Waals surface area contributed by atoms with Crippen molar-refractivity contribution in [3.8, 4) is 0 Å². The highest BCUT2D eigenvalue weighted by Gasteiger charge is 2.48. The first-order valence-electron chi connectivity index (χ1n) is 7.24. The molecular formula is C15H17Cl2N3O2. The molecule has 1 aliphatic carbocycles. The predicted octanol–water partition coefficient (Wildman–Crippen LogP) is 1.77. The molecule has 1 saturated carbocycles. The van der Waals surface area contributed by atoms with Gasteiger partial charge in [-0.2, -0.15) is 0 Å². The highest BCUT2D eigenvalue weighted by molar-refractivity contribution is 6.43. The van der Waals surface area contributed by atoms with E-state index < -0.39 is 5.54 Å². The number of nitrogens with zero attached hydrogens (tertiary/aromatic N) is 2. The quantitative estimate of drug-likeness (QED) is 0.891. The van der Waals surface area contributed by atoms with Crippen LogP contribution in [0.3, 0.4) is 0 Å². The van der Waals surface area contributed by atoms with E-state index in [1.165, 1.54) is 0 Å². The van der Waals surface area contributed by atoms with Crippen LogP contribution in [-0.4, -0.2) is 53.3 Å². The van der Waals surface area contributed by atoms with Crippen molar-refractivity contribution in [3.05, 3.63) is 33.8 Å². The van der Waals surface area contributed by atoms with Crippen LogP contribution in [0.5, 0.6) is 0 Å². The van der Waals surface area contributed by atoms with Crippen molar-refractivity contribution in [2.75, 3.05) is 26.2 Å². The summed E-state index contributed by atoms with van der Waals surface area (Å²) in [6.45, 7) is 1.95. The van der Waals surface area contributed by atoms with Gasteiger partial charge in [0.2, 0.25) is 5.91 Å². The molecule has 2 N–H and O–H groups in total. The minimum atomic E-state index is -0.650. The first-order valence-corrected chi connectivity index (χ1v) is 7.99. The fourth-order valence-corrected chi connectivity index (χ4v) is 3.00. The third kappa shape index (κ3) is 2.81. The van der Waals surface area contributed by atoms with Crippen LogP contribution < -0.4 is 5.73 Å². The van der Waals surface area contributed by atoms with Gasteiger partial charge in [-0.25, -0.2) is 0 Å². The van der Waals surface area contributed by atoms with E-state index in [1.807, 2.05) is 0 Å². The molecule has 2 aliphatic rings. The van der Waals surface area contributed by atoms with Gasteiger partial charge in [-0.05, 0) is 25.0 Å². The van der Waals surface area contributed by atoms with Gasteiger partial charge in [0, 0.05) is 26.2 Å². The van der Waals surface area contributed by atoms with Crippen molar-refractivity contribution in [2.24, 2.45) is 5.73 Å². The first kappa shape index (κ1) is 15.6. The maximum atomic E-state index is 12.5. The highest BCUT2D eigenvalue weighted by atomic mass is 35.5. The molecule has 2 amide bonds. The van der Waals surface area contributed by atoms with E-state index in [-0.39, 0.29) is 16.8 Å². The van der Waals surface area contributed by atoms with Gasteiger partial charge >= 0.3 is 0 Å². The minimum Gasteiger partial charge on any atom is -0.338 e. The predicted molar refractivity (Wildman–Crippen MR) is 85.1 cm³/mol. The number of carbonyl (C=O) groups excluding carboxylic acids is 2. The summed E-state index contributed by atoms with van der Waals surface area (Å²) in [7, 11) is 0. The molecule has 0 aromatic heterocycles. The van der Waals surface area contributed by atoms with Crippen LogP contribution in [0.15, 0.2) is 18.2 Å². The summed E-state index contributed by atoms with van der Waals surface area (Å²) >= 11 is 12.0. The van der Waals surface area contributed by atoms with E-state index in [4.69, 9.17) is 28.9 Å². The molecule has 1 heterocycles. The standard InChI is InChI=1S/C15H17Cl2N3O2/c16-11-3-1-2-10(12(11)17)13(21)19-6-8-20(9-7-19)14(22)15(18)4-5-15/h1-3H,4-9,18H2. The van der Waals surface area contributed by atoms with Crippen LogP contribution in [0.4, 0.5) is 0 Å². The third-order valence-electron chi connectivity index (χ3n) is 4.25. The summed E-state index contributed by atoms with van der Waals surface area (Å²) in [5.41, 5.74) is 5.68. The SMILES string of the molecule is NC1(C(=O)N2CCN(C(=O)c3cccc(Cl)c3Cl)CC2)CC1. The lowest BCUT2D eigenvalue weighted by atomic mass is 10.1. The average Bonchev–Trinajstić information content (AvgIpc) is 3.28. The summed E-state index contributed by atoms with van der Waals surface area (Å²) in [6.07, 6.45) is 1.51. The Labute approximate surface area is 138 Å². The van der Waals surface area contributed by atoms with E-state index in [1.54, 1.807) is 28.0 Å². The lowest BCUT2D eigenvalue weighted by Gasteiger charge is -2.36. The molecule has 0 spiro atoms. The van der Waals surface area contributed by atoms with Crippen LogP contribution in [0.1, 0.15) is 23.2 Å². The summed E-state index contributed by atoms with van der Waals surface area (Å²) < 4.78 is 0. The number of hydrogen-bond acceptors (Lipinski definition) is 3. The summed E-state index contributed by atoms with van der Waals surface area (Å²) in [6, 6.07) is 5.01. The molecule has 118 valence electrons. The topological polar surface area (TPSA) is 66.6 Å².